The molecule has 0 heterocycles. The van der Waals surface area contributed by atoms with Gasteiger partial charge >= 0.3 is 0 Å². The van der Waals surface area contributed by atoms with Crippen LogP contribution in [0.25, 0.3) is 0 Å². The van der Waals surface area contributed by atoms with Crippen LogP contribution in [-0.4, -0.2) is 30.4 Å². The number of hydrazine groups is 1. The van der Waals surface area contributed by atoms with Crippen molar-refractivity contribution in [1.82, 2.24) is 16.2 Å². The fraction of sp³-hybridized carbons (Fsp3) is 0.591. The van der Waals surface area contributed by atoms with Crippen LogP contribution in [0.15, 0.2) is 24.3 Å². The number of benzene rings is 1. The quantitative estimate of drug-likeness (QED) is 0.413. The minimum Gasteiger partial charge on any atom is -0.494 e. The molecule has 1 unspecified atom stereocenters. The van der Waals surface area contributed by atoms with E-state index < -0.39 is 17.9 Å². The molecule has 0 aromatic heterocycles. The lowest BCUT2D eigenvalue weighted by Crippen LogP contribution is -2.54. The van der Waals surface area contributed by atoms with Crippen molar-refractivity contribution in [2.24, 2.45) is 5.92 Å². The second-order valence-corrected chi connectivity index (χ2v) is 7.60. The molecule has 1 atom stereocenters. The minimum absolute atomic E-state index is 0.101. The van der Waals surface area contributed by atoms with Gasteiger partial charge < -0.3 is 10.1 Å². The summed E-state index contributed by atoms with van der Waals surface area (Å²) in [6.45, 7) is 4.22. The molecule has 7 nitrogen and oxygen atoms in total. The Morgan fingerprint density at radius 1 is 1.03 bits per heavy atom. The molecular formula is C22H33N3O4. The second kappa shape index (κ2) is 12.1. The van der Waals surface area contributed by atoms with E-state index in [1.165, 1.54) is 19.8 Å². The summed E-state index contributed by atoms with van der Waals surface area (Å²) in [5, 5.41) is 2.71. The Morgan fingerprint density at radius 3 is 2.34 bits per heavy atom. The number of ether oxygens (including phenoxy) is 1. The van der Waals surface area contributed by atoms with Crippen molar-refractivity contribution in [3.63, 3.8) is 0 Å². The highest BCUT2D eigenvalue weighted by molar-refractivity contribution is 5.96. The van der Waals surface area contributed by atoms with E-state index in [0.717, 1.165) is 38.5 Å². The summed E-state index contributed by atoms with van der Waals surface area (Å²) in [6.07, 6.45) is 8.44. The van der Waals surface area contributed by atoms with Crippen LogP contribution in [0.2, 0.25) is 0 Å². The lowest BCUT2D eigenvalue weighted by molar-refractivity contribution is -0.129. The lowest BCUT2D eigenvalue weighted by atomic mass is 9.97. The molecule has 1 aromatic rings. The number of rotatable bonds is 10. The van der Waals surface area contributed by atoms with Gasteiger partial charge in [-0.05, 0) is 49.4 Å². The molecule has 7 heteroatoms. The van der Waals surface area contributed by atoms with Gasteiger partial charge in [-0.1, -0.05) is 39.0 Å². The number of carbonyl (C=O) groups excluding carboxylic acids is 3. The first kappa shape index (κ1) is 22.7. The van der Waals surface area contributed by atoms with Gasteiger partial charge in [0.1, 0.15) is 11.8 Å². The predicted octanol–water partition coefficient (Wildman–Crippen LogP) is 3.10. The monoisotopic (exact) mass is 403 g/mol. The van der Waals surface area contributed by atoms with Crippen LogP contribution >= 0.6 is 0 Å². The second-order valence-electron chi connectivity index (χ2n) is 7.60. The van der Waals surface area contributed by atoms with E-state index in [2.05, 4.69) is 23.1 Å². The molecule has 0 radical (unpaired) electrons. The molecule has 1 saturated carbocycles. The molecule has 29 heavy (non-hydrogen) atoms. The molecule has 1 aromatic carbocycles. The van der Waals surface area contributed by atoms with Crippen LogP contribution in [0, 0.1) is 5.92 Å². The SMILES string of the molecule is CCCCCCOc1ccc(C(=O)NNC(=O)C(NC(C)=O)C2CCCC2)cc1. The smallest absolute Gasteiger partial charge is 0.269 e. The van der Waals surface area contributed by atoms with Gasteiger partial charge in [0.2, 0.25) is 5.91 Å². The van der Waals surface area contributed by atoms with E-state index in [-0.39, 0.29) is 11.8 Å². The molecule has 1 aliphatic rings. The van der Waals surface area contributed by atoms with Gasteiger partial charge in [0.15, 0.2) is 0 Å². The molecule has 1 aliphatic carbocycles. The molecule has 3 amide bonds. The normalized spacial score (nSPS) is 14.8. The number of hydrogen-bond acceptors (Lipinski definition) is 4. The van der Waals surface area contributed by atoms with Crippen LogP contribution < -0.4 is 20.9 Å². The fourth-order valence-electron chi connectivity index (χ4n) is 3.60. The largest absolute Gasteiger partial charge is 0.494 e. The summed E-state index contributed by atoms with van der Waals surface area (Å²) in [5.74, 6) is -0.249. The Morgan fingerprint density at radius 2 is 1.72 bits per heavy atom. The number of unbranched alkanes of at least 4 members (excludes halogenated alkanes) is 3. The molecule has 0 spiro atoms. The summed E-state index contributed by atoms with van der Waals surface area (Å²) in [6, 6.07) is 6.18. The van der Waals surface area contributed by atoms with E-state index in [4.69, 9.17) is 4.74 Å². The van der Waals surface area contributed by atoms with Gasteiger partial charge in [-0.3, -0.25) is 25.2 Å². The highest BCUT2D eigenvalue weighted by Gasteiger charge is 2.31. The topological polar surface area (TPSA) is 96.5 Å². The number of carbonyl (C=O) groups is 3. The average Bonchev–Trinajstić information content (AvgIpc) is 3.24. The number of amides is 3. The van der Waals surface area contributed by atoms with Crippen molar-refractivity contribution in [1.29, 1.82) is 0 Å². The zero-order valence-electron chi connectivity index (χ0n) is 17.5. The summed E-state index contributed by atoms with van der Waals surface area (Å²) in [4.78, 5) is 36.2. The van der Waals surface area contributed by atoms with Gasteiger partial charge in [0, 0.05) is 12.5 Å². The standard InChI is InChI=1S/C22H33N3O4/c1-3-4-5-8-15-29-19-13-11-18(12-14-19)21(27)24-25-22(28)20(23-16(2)26)17-9-6-7-10-17/h11-14,17,20H,3-10,15H2,1-2H3,(H,23,26)(H,24,27)(H,25,28). The maximum Gasteiger partial charge on any atom is 0.269 e. The Labute approximate surface area is 172 Å². The molecule has 1 fully saturated rings. The first-order valence-corrected chi connectivity index (χ1v) is 10.6. The number of hydrogen-bond donors (Lipinski definition) is 3. The van der Waals surface area contributed by atoms with E-state index in [9.17, 15) is 14.4 Å². The summed E-state index contributed by atoms with van der Waals surface area (Å²) < 4.78 is 5.67. The van der Waals surface area contributed by atoms with Crippen molar-refractivity contribution in [2.75, 3.05) is 6.61 Å². The number of nitrogens with one attached hydrogen (secondary N) is 3. The fourth-order valence-corrected chi connectivity index (χ4v) is 3.60. The average molecular weight is 404 g/mol. The van der Waals surface area contributed by atoms with Gasteiger partial charge in [0.05, 0.1) is 6.61 Å². The zero-order chi connectivity index (χ0) is 21.1. The molecule has 0 bridgehead atoms. The van der Waals surface area contributed by atoms with Crippen LogP contribution in [0.3, 0.4) is 0 Å². The van der Waals surface area contributed by atoms with E-state index in [1.54, 1.807) is 24.3 Å². The van der Waals surface area contributed by atoms with Crippen LogP contribution in [0.1, 0.15) is 75.6 Å². The lowest BCUT2D eigenvalue weighted by Gasteiger charge is -2.23. The highest BCUT2D eigenvalue weighted by atomic mass is 16.5. The van der Waals surface area contributed by atoms with E-state index in [0.29, 0.717) is 17.9 Å². The van der Waals surface area contributed by atoms with Gasteiger partial charge in [-0.25, -0.2) is 0 Å². The molecule has 3 N–H and O–H groups in total. The van der Waals surface area contributed by atoms with Gasteiger partial charge in [-0.2, -0.15) is 0 Å². The minimum atomic E-state index is -0.626. The van der Waals surface area contributed by atoms with Crippen molar-refractivity contribution < 1.29 is 19.1 Å². The zero-order valence-corrected chi connectivity index (χ0v) is 17.5. The maximum absolute atomic E-state index is 12.5. The van der Waals surface area contributed by atoms with Gasteiger partial charge in [-0.15, -0.1) is 0 Å². The first-order valence-electron chi connectivity index (χ1n) is 10.6. The third-order valence-corrected chi connectivity index (χ3v) is 5.19. The molecule has 0 aliphatic heterocycles. The third kappa shape index (κ3) is 7.75. The van der Waals surface area contributed by atoms with Crippen LogP contribution in [-0.2, 0) is 9.59 Å². The predicted molar refractivity (Wildman–Crippen MR) is 111 cm³/mol. The Hall–Kier alpha value is -2.57. The Balaban J connectivity index is 1.81. The molecule has 160 valence electrons. The van der Waals surface area contributed by atoms with Gasteiger partial charge in [0.25, 0.3) is 11.8 Å². The highest BCUT2D eigenvalue weighted by Crippen LogP contribution is 2.27. The van der Waals surface area contributed by atoms with Crippen molar-refractivity contribution >= 4 is 17.7 Å². The summed E-state index contributed by atoms with van der Waals surface area (Å²) >= 11 is 0. The van der Waals surface area contributed by atoms with Crippen molar-refractivity contribution in [3.8, 4) is 5.75 Å². The Kier molecular flexibility index (Phi) is 9.47. The Bertz CT molecular complexity index is 669. The van der Waals surface area contributed by atoms with Crippen LogP contribution in [0.4, 0.5) is 0 Å². The van der Waals surface area contributed by atoms with Crippen molar-refractivity contribution in [3.05, 3.63) is 29.8 Å². The third-order valence-electron chi connectivity index (χ3n) is 5.19. The van der Waals surface area contributed by atoms with E-state index in [1.807, 2.05) is 0 Å². The van der Waals surface area contributed by atoms with Crippen molar-refractivity contribution in [2.45, 2.75) is 71.3 Å². The maximum atomic E-state index is 12.5. The van der Waals surface area contributed by atoms with Crippen LogP contribution in [0.5, 0.6) is 5.75 Å². The summed E-state index contributed by atoms with van der Waals surface area (Å²) in [7, 11) is 0. The summed E-state index contributed by atoms with van der Waals surface area (Å²) in [5.41, 5.74) is 5.30. The molecule has 2 rings (SSSR count). The first-order chi connectivity index (χ1) is 14.0. The molecular weight excluding hydrogens is 370 g/mol. The van der Waals surface area contributed by atoms with E-state index >= 15 is 0 Å². The molecule has 0 saturated heterocycles.